The van der Waals surface area contributed by atoms with E-state index in [0.717, 1.165) is 27.7 Å². The van der Waals surface area contributed by atoms with Gasteiger partial charge in [0.05, 0.1) is 51.3 Å². The number of ether oxygens (including phenoxy) is 11. The maximum absolute atomic E-state index is 13.1. The first-order valence-electron chi connectivity index (χ1n) is 26.6. The van der Waals surface area contributed by atoms with Crippen molar-refractivity contribution in [1.82, 2.24) is 21.3 Å². The number of carbonyl (C=O) groups is 5. The van der Waals surface area contributed by atoms with Crippen LogP contribution in [-0.2, 0) is 76.1 Å². The van der Waals surface area contributed by atoms with Crippen molar-refractivity contribution < 1.29 is 163 Å². The summed E-state index contributed by atoms with van der Waals surface area (Å²) in [6.45, 7) is 0.0609. The number of amides is 4. The molecule has 0 saturated carbocycles. The van der Waals surface area contributed by atoms with Crippen LogP contribution in [0.4, 0.5) is 0 Å². The van der Waals surface area contributed by atoms with Crippen LogP contribution < -0.4 is 21.3 Å². The third-order valence-corrected chi connectivity index (χ3v) is 15.0. The molecule has 0 aromatic heterocycles. The van der Waals surface area contributed by atoms with E-state index in [0.29, 0.717) is 0 Å². The Balaban J connectivity index is 1.31. The number of rotatable bonds is 22. The molecule has 484 valence electrons. The summed E-state index contributed by atoms with van der Waals surface area (Å²) in [4.78, 5) is 63.2. The summed E-state index contributed by atoms with van der Waals surface area (Å²) in [5.74, 6) is -8.68. The Bertz CT molecular complexity index is 2200. The van der Waals surface area contributed by atoms with Crippen LogP contribution in [0.5, 0.6) is 0 Å². The molecule has 0 aromatic rings. The molecule has 6 aliphatic rings. The molecule has 0 unspecified atom stereocenters. The summed E-state index contributed by atoms with van der Waals surface area (Å²) in [6, 6.07) is -6.91. The minimum Gasteiger partial charge on any atom is -0.477 e. The van der Waals surface area contributed by atoms with Gasteiger partial charge in [0.2, 0.25) is 23.6 Å². The lowest BCUT2D eigenvalue weighted by atomic mass is 9.88. The van der Waals surface area contributed by atoms with Gasteiger partial charge in [-0.2, -0.15) is 0 Å². The lowest BCUT2D eigenvalue weighted by Crippen LogP contribution is -2.71. The fourth-order valence-corrected chi connectivity index (χ4v) is 10.7. The van der Waals surface area contributed by atoms with Gasteiger partial charge in [0, 0.05) is 34.1 Å². The highest BCUT2D eigenvalue weighted by Gasteiger charge is 2.61. The van der Waals surface area contributed by atoms with E-state index < -0.39 is 259 Å². The summed E-state index contributed by atoms with van der Waals surface area (Å²) < 4.78 is 64.7. The molecule has 31 atom stereocenters. The van der Waals surface area contributed by atoms with E-state index in [1.807, 2.05) is 0 Å². The molecule has 6 saturated heterocycles. The largest absolute Gasteiger partial charge is 0.477 e. The van der Waals surface area contributed by atoms with E-state index in [2.05, 4.69) is 21.3 Å². The zero-order chi connectivity index (χ0) is 62.6. The van der Waals surface area contributed by atoms with E-state index in [9.17, 15) is 111 Å². The van der Waals surface area contributed by atoms with E-state index in [4.69, 9.17) is 52.1 Å². The maximum atomic E-state index is 13.1. The van der Waals surface area contributed by atoms with Crippen LogP contribution in [0.15, 0.2) is 0 Å². The lowest BCUT2D eigenvalue weighted by molar-refractivity contribution is -0.382. The molecule has 6 rings (SSSR count). The smallest absolute Gasteiger partial charge is 0.364 e. The quantitative estimate of drug-likeness (QED) is 0.0479. The van der Waals surface area contributed by atoms with Gasteiger partial charge in [-0.15, -0.1) is 0 Å². The highest BCUT2D eigenvalue weighted by molar-refractivity contribution is 5.77. The second-order valence-corrected chi connectivity index (χ2v) is 21.2. The van der Waals surface area contributed by atoms with Gasteiger partial charge in [-0.1, -0.05) is 0 Å². The summed E-state index contributed by atoms with van der Waals surface area (Å²) in [5, 5.41) is 194. The highest BCUT2D eigenvalue weighted by Crippen LogP contribution is 2.40. The van der Waals surface area contributed by atoms with Gasteiger partial charge in [0.1, 0.15) is 134 Å². The summed E-state index contributed by atoms with van der Waals surface area (Å²) in [7, 11) is 0. The maximum Gasteiger partial charge on any atom is 0.364 e. The van der Waals surface area contributed by atoms with Gasteiger partial charge in [0.15, 0.2) is 31.5 Å². The van der Waals surface area contributed by atoms with E-state index >= 15 is 0 Å². The standard InChI is InChI=1S/C47H78N4O33/c1-12-27(62)33(68)34(69)44(75-12)82-39-26(51-16(5)59)42(79-21(10-55)36(39)80-43-24(49-14(3)57)32(67)29(64)19(8-53)77-43)74-11-22-31(66)37(25(41(71)76-22)50-15(4)58)81-45-35(70)40(30(65)20(9-54)78-45)84-47(46(72)73)6-17(60)23(48-13(2)56)38(83-47)28(63)18(61)7-52/h12,17-45,52-55,60-71H,6-11H2,1-5H3,(H,48,56)(H,49,57)(H,50,58)(H,51,59)(H,72,73)/t12-,17+,18+,19+,20+,21+,22+,23-,24+,25+,26+,27+,28+,29-,30-,31-,32+,33+,34-,35+,36+,37+,38-,39+,40-,41-,42+,43-,44-,45-,47+/m0/s1. The molecular formula is C47H78N4O33. The average molecular weight is 1230 g/mol. The van der Waals surface area contributed by atoms with Crippen molar-refractivity contribution in [2.24, 2.45) is 0 Å². The molecule has 6 aliphatic heterocycles. The van der Waals surface area contributed by atoms with E-state index in [1.165, 1.54) is 6.92 Å². The van der Waals surface area contributed by atoms with Crippen molar-refractivity contribution in [2.45, 2.75) is 231 Å². The number of hydrogen-bond acceptors (Lipinski definition) is 32. The van der Waals surface area contributed by atoms with Gasteiger partial charge in [-0.05, 0) is 6.92 Å². The molecule has 37 nitrogen and oxygen atoms in total. The van der Waals surface area contributed by atoms with Crippen LogP contribution >= 0.6 is 0 Å². The predicted molar refractivity (Wildman–Crippen MR) is 261 cm³/mol. The number of aliphatic carboxylic acids is 1. The van der Waals surface area contributed by atoms with Gasteiger partial charge < -0.3 is 160 Å². The van der Waals surface area contributed by atoms with Gasteiger partial charge in [-0.25, -0.2) is 4.79 Å². The second kappa shape index (κ2) is 29.5. The number of hydrogen-bond donors (Lipinski definition) is 21. The zero-order valence-corrected chi connectivity index (χ0v) is 45.7. The summed E-state index contributed by atoms with van der Waals surface area (Å²) in [6.07, 6.45) is -52.4. The molecule has 0 aromatic carbocycles. The van der Waals surface area contributed by atoms with Crippen molar-refractivity contribution in [3.8, 4) is 0 Å². The SMILES string of the molecule is CC(=O)N[C@@H]1[C@@H]([C@H](O)[C@H](O)CO)O[C@](O[C@H]2[C@@H](O)[C@@H](CO)O[C@@H](O[C@H]3[C@@H](O)[C@@H](CO[C@@H]4O[C@H](CO)[C@@H](O[C@@H]5O[C@H](CO)[C@H](O)[C@H](O)[C@H]5NC(C)=O)[C@H](O[C@@H]5O[C@@H](C)[C@@H](O)[C@@H](O)[C@@H]5O)[C@H]4NC(C)=O)O[C@H](O)[C@@H]3NC(C)=O)[C@@H]2O)(C(=O)O)C[C@H]1O. The first-order valence-corrected chi connectivity index (χ1v) is 26.6. The monoisotopic (exact) mass is 1230 g/mol. The van der Waals surface area contributed by atoms with Gasteiger partial charge in [0.25, 0.3) is 5.79 Å². The molecule has 0 spiro atoms. The summed E-state index contributed by atoms with van der Waals surface area (Å²) in [5.41, 5.74) is 0. The number of carboxylic acids is 1. The summed E-state index contributed by atoms with van der Waals surface area (Å²) >= 11 is 0. The average Bonchev–Trinajstić information content (AvgIpc) is 1.31. The molecule has 6 fully saturated rings. The van der Waals surface area contributed by atoms with Crippen molar-refractivity contribution in [1.29, 1.82) is 0 Å². The fraction of sp³-hybridized carbons (Fsp3) is 0.894. The Kier molecular flexibility index (Phi) is 24.4. The Labute approximate surface area is 476 Å². The van der Waals surface area contributed by atoms with Crippen LogP contribution in [0.1, 0.15) is 41.0 Å². The highest BCUT2D eigenvalue weighted by atomic mass is 16.8. The minimum absolute atomic E-state index is 0.779. The van der Waals surface area contributed by atoms with Crippen molar-refractivity contribution >= 4 is 29.6 Å². The lowest BCUT2D eigenvalue weighted by Gasteiger charge is -2.51. The van der Waals surface area contributed by atoms with Crippen LogP contribution in [-0.4, -0.2) is 339 Å². The number of carbonyl (C=O) groups excluding carboxylic acids is 4. The predicted octanol–water partition coefficient (Wildman–Crippen LogP) is -13.3. The van der Waals surface area contributed by atoms with Crippen LogP contribution in [0.3, 0.4) is 0 Å². The second-order valence-electron chi connectivity index (χ2n) is 21.2. The molecule has 4 amide bonds. The molecule has 6 heterocycles. The first kappa shape index (κ1) is 69.4. The third-order valence-electron chi connectivity index (χ3n) is 15.0. The normalized spacial score (nSPS) is 45.3. The third kappa shape index (κ3) is 15.4. The number of aliphatic hydroxyl groups excluding tert-OH is 16. The van der Waals surface area contributed by atoms with Crippen molar-refractivity contribution in [3.05, 3.63) is 0 Å². The zero-order valence-electron chi connectivity index (χ0n) is 45.7. The van der Waals surface area contributed by atoms with Gasteiger partial charge in [-0.3, -0.25) is 19.2 Å². The number of aliphatic hydroxyl groups is 16. The fourth-order valence-electron chi connectivity index (χ4n) is 10.7. The number of carboxylic acid groups (broad SMARTS) is 1. The van der Waals surface area contributed by atoms with Gasteiger partial charge >= 0.3 is 5.97 Å². The van der Waals surface area contributed by atoms with Crippen molar-refractivity contribution in [2.75, 3.05) is 33.0 Å². The molecule has 0 aliphatic carbocycles. The van der Waals surface area contributed by atoms with E-state index in [-0.39, 0.29) is 0 Å². The number of nitrogens with one attached hydrogen (secondary N) is 4. The van der Waals surface area contributed by atoms with Crippen LogP contribution in [0.25, 0.3) is 0 Å². The van der Waals surface area contributed by atoms with Crippen LogP contribution in [0, 0.1) is 0 Å². The Morgan fingerprint density at radius 2 is 1.01 bits per heavy atom. The van der Waals surface area contributed by atoms with Crippen molar-refractivity contribution in [3.63, 3.8) is 0 Å². The molecule has 21 N–H and O–H groups in total. The molecule has 37 heteroatoms. The topological polar surface area (TPSA) is 579 Å². The molecule has 84 heavy (non-hydrogen) atoms. The molecular weight excluding hydrogens is 1150 g/mol. The Morgan fingerprint density at radius 3 is 1.58 bits per heavy atom. The minimum atomic E-state index is -3.22. The Hall–Kier alpha value is -3.73. The Morgan fingerprint density at radius 1 is 0.512 bits per heavy atom. The molecule has 0 radical (unpaired) electrons. The van der Waals surface area contributed by atoms with Crippen LogP contribution in [0.2, 0.25) is 0 Å². The van der Waals surface area contributed by atoms with E-state index in [1.54, 1.807) is 0 Å². The first-order chi connectivity index (χ1) is 39.4. The molecule has 0 bridgehead atoms.